The van der Waals surface area contributed by atoms with Crippen LogP contribution in [0.2, 0.25) is 0 Å². The van der Waals surface area contributed by atoms with Crippen molar-refractivity contribution in [1.29, 1.82) is 0 Å². The lowest BCUT2D eigenvalue weighted by Gasteiger charge is -2.29. The van der Waals surface area contributed by atoms with Crippen molar-refractivity contribution in [3.63, 3.8) is 0 Å². The van der Waals surface area contributed by atoms with Crippen molar-refractivity contribution in [3.05, 3.63) is 215 Å². The molecule has 0 unspecified atom stereocenters. The minimum atomic E-state index is -2.29. The second-order valence-electron chi connectivity index (χ2n) is 15.6. The number of para-hydroxylation sites is 2. The molecule has 0 aliphatic rings. The van der Waals surface area contributed by atoms with Crippen LogP contribution in [0.15, 0.2) is 158 Å². The fraction of sp³-hybridized carbons (Fsp3) is 0.0370. The van der Waals surface area contributed by atoms with Gasteiger partial charge in [-0.25, -0.2) is 26.3 Å². The van der Waals surface area contributed by atoms with Gasteiger partial charge < -0.3 is 19.3 Å². The zero-order chi connectivity index (χ0) is 46.0. The molecule has 0 N–H and O–H groups in total. The molecule has 66 heavy (non-hydrogen) atoms. The van der Waals surface area contributed by atoms with Gasteiger partial charge in [0.15, 0.2) is 17.4 Å². The molecule has 0 heterocycles. The van der Waals surface area contributed by atoms with E-state index in [-0.39, 0.29) is 22.6 Å². The summed E-state index contributed by atoms with van der Waals surface area (Å²) in [5, 5.41) is 5.31. The largest absolute Gasteiger partial charge is 0.451 e. The summed E-state index contributed by atoms with van der Waals surface area (Å²) in [7, 11) is 0. The Bertz CT molecular complexity index is 3220. The minimum Gasteiger partial charge on any atom is -0.451 e. The third-order valence-electron chi connectivity index (χ3n) is 11.6. The maximum atomic E-state index is 15.3. The van der Waals surface area contributed by atoms with Gasteiger partial charge in [-0.2, -0.15) is 8.78 Å². The van der Waals surface area contributed by atoms with Crippen LogP contribution in [0.25, 0.3) is 32.3 Å². The topological polar surface area (TPSA) is 24.9 Å². The Balaban J connectivity index is 1.13. The van der Waals surface area contributed by atoms with E-state index in [1.807, 2.05) is 125 Å². The van der Waals surface area contributed by atoms with E-state index in [0.29, 0.717) is 22.7 Å². The SMILES string of the molecule is Cc1c(F)c(C)c(F)c(Oc2cccc(N(c3ccccc3)c3ccc4ccc5c(N(c6ccccc6)c6cccc(Oc7c(F)c(F)c(F)c(F)c7F)c6)ccc6ccc3c4c65)c2)c1F. The molecule has 0 atom stereocenters. The van der Waals surface area contributed by atoms with Crippen molar-refractivity contribution < 1.29 is 44.6 Å². The van der Waals surface area contributed by atoms with Gasteiger partial charge in [0.05, 0.1) is 11.4 Å². The van der Waals surface area contributed by atoms with Crippen LogP contribution < -0.4 is 19.3 Å². The summed E-state index contributed by atoms with van der Waals surface area (Å²) in [6, 6.07) is 47.5. The lowest BCUT2D eigenvalue weighted by Crippen LogP contribution is -2.11. The summed E-state index contributed by atoms with van der Waals surface area (Å²) >= 11 is 0. The number of hydrogen-bond donors (Lipinski definition) is 0. The summed E-state index contributed by atoms with van der Waals surface area (Å²) in [6.45, 7) is 2.44. The van der Waals surface area contributed by atoms with Crippen LogP contribution >= 0.6 is 0 Å². The highest BCUT2D eigenvalue weighted by molar-refractivity contribution is 6.28. The maximum Gasteiger partial charge on any atom is 0.207 e. The molecule has 10 aromatic rings. The van der Waals surface area contributed by atoms with E-state index in [9.17, 15) is 26.3 Å². The van der Waals surface area contributed by atoms with Gasteiger partial charge in [0.1, 0.15) is 17.3 Å². The average Bonchev–Trinajstić information content (AvgIpc) is 3.35. The van der Waals surface area contributed by atoms with E-state index in [1.54, 1.807) is 30.3 Å². The molecule has 0 saturated heterocycles. The first-order valence-corrected chi connectivity index (χ1v) is 20.5. The van der Waals surface area contributed by atoms with Crippen molar-refractivity contribution in [1.82, 2.24) is 0 Å². The van der Waals surface area contributed by atoms with Crippen molar-refractivity contribution in [2.45, 2.75) is 13.8 Å². The number of hydrogen-bond acceptors (Lipinski definition) is 4. The molecule has 10 aromatic carbocycles. The van der Waals surface area contributed by atoms with Crippen LogP contribution in [0, 0.1) is 60.4 Å². The molecule has 12 heteroatoms. The smallest absolute Gasteiger partial charge is 0.207 e. The molecule has 4 nitrogen and oxygen atoms in total. The lowest BCUT2D eigenvalue weighted by atomic mass is 9.91. The minimum absolute atomic E-state index is 0.113. The molecule has 0 saturated carbocycles. The van der Waals surface area contributed by atoms with E-state index in [4.69, 9.17) is 9.47 Å². The third kappa shape index (κ3) is 6.93. The van der Waals surface area contributed by atoms with Gasteiger partial charge in [-0.3, -0.25) is 0 Å². The lowest BCUT2D eigenvalue weighted by molar-refractivity contribution is 0.332. The van der Waals surface area contributed by atoms with Gasteiger partial charge in [-0.1, -0.05) is 84.9 Å². The molecular formula is C54H32F8N2O2. The molecular weight excluding hydrogens is 861 g/mol. The zero-order valence-corrected chi connectivity index (χ0v) is 34.7. The predicted octanol–water partition coefficient (Wildman–Crippen LogP) is 16.8. The van der Waals surface area contributed by atoms with Crippen molar-refractivity contribution >= 4 is 66.4 Å². The quantitative estimate of drug-likeness (QED) is 0.0591. The number of benzene rings is 10. The molecule has 0 spiro atoms. The maximum absolute atomic E-state index is 15.3. The molecule has 0 radical (unpaired) electrons. The van der Waals surface area contributed by atoms with Gasteiger partial charge in [0.2, 0.25) is 34.8 Å². The van der Waals surface area contributed by atoms with Crippen LogP contribution in [0.5, 0.6) is 23.0 Å². The van der Waals surface area contributed by atoms with Gasteiger partial charge in [-0.05, 0) is 96.1 Å². The Kier molecular flexibility index (Phi) is 10.4. The van der Waals surface area contributed by atoms with Crippen molar-refractivity contribution in [3.8, 4) is 23.0 Å². The fourth-order valence-corrected chi connectivity index (χ4v) is 8.45. The molecule has 0 aromatic heterocycles. The summed E-state index contributed by atoms with van der Waals surface area (Å²) in [5.74, 6) is -16.2. The van der Waals surface area contributed by atoms with Crippen LogP contribution in [-0.2, 0) is 0 Å². The first-order valence-electron chi connectivity index (χ1n) is 20.5. The van der Waals surface area contributed by atoms with Crippen LogP contribution in [0.3, 0.4) is 0 Å². The molecule has 10 rings (SSSR count). The number of anilines is 6. The van der Waals surface area contributed by atoms with E-state index >= 15 is 8.78 Å². The van der Waals surface area contributed by atoms with Crippen molar-refractivity contribution in [2.75, 3.05) is 9.80 Å². The van der Waals surface area contributed by atoms with Gasteiger partial charge in [0.25, 0.3) is 0 Å². The zero-order valence-electron chi connectivity index (χ0n) is 34.7. The van der Waals surface area contributed by atoms with E-state index in [0.717, 1.165) is 43.7 Å². The number of nitrogens with zero attached hydrogens (tertiary/aromatic N) is 2. The molecule has 0 aliphatic carbocycles. The summed E-state index contributed by atoms with van der Waals surface area (Å²) < 4.78 is 128. The second kappa shape index (κ2) is 16.5. The van der Waals surface area contributed by atoms with Gasteiger partial charge in [-0.15, -0.1) is 0 Å². The van der Waals surface area contributed by atoms with Gasteiger partial charge >= 0.3 is 0 Å². The molecule has 0 amide bonds. The van der Waals surface area contributed by atoms with Crippen LogP contribution in [0.4, 0.5) is 69.2 Å². The highest BCUT2D eigenvalue weighted by Gasteiger charge is 2.29. The molecule has 0 fully saturated rings. The molecule has 0 aliphatic heterocycles. The van der Waals surface area contributed by atoms with E-state index in [2.05, 4.69) is 0 Å². The summed E-state index contributed by atoms with van der Waals surface area (Å²) in [5.41, 5.74) is 3.22. The third-order valence-corrected chi connectivity index (χ3v) is 11.6. The van der Waals surface area contributed by atoms with Crippen molar-refractivity contribution in [2.24, 2.45) is 0 Å². The first kappa shape index (κ1) is 41.9. The predicted molar refractivity (Wildman–Crippen MR) is 242 cm³/mol. The Morgan fingerprint density at radius 3 is 1.12 bits per heavy atom. The summed E-state index contributed by atoms with van der Waals surface area (Å²) in [4.78, 5) is 3.90. The standard InChI is InChI=1S/C54H32F8N2O2/c1-29-45(55)30(2)47(57)53(46(29)56)65-37-17-9-15-35(27-37)63(33-11-5-3-6-12-33)41-25-21-31-20-24-40-42(26-22-32-19-23-39(41)43(31)44(32)40)64(34-13-7-4-8-14-34)36-16-10-18-38(28-36)66-54-51(61)49(59)48(58)50(60)52(54)62/h3-28H,1-2H3. The average molecular weight is 893 g/mol. The number of ether oxygens (including phenoxy) is 2. The van der Waals surface area contributed by atoms with Crippen LogP contribution in [-0.4, -0.2) is 0 Å². The van der Waals surface area contributed by atoms with Crippen LogP contribution in [0.1, 0.15) is 11.1 Å². The first-order chi connectivity index (χ1) is 31.9. The monoisotopic (exact) mass is 892 g/mol. The fourth-order valence-electron chi connectivity index (χ4n) is 8.45. The van der Waals surface area contributed by atoms with E-state index < -0.39 is 58.0 Å². The number of rotatable bonds is 10. The van der Waals surface area contributed by atoms with E-state index in [1.165, 1.54) is 26.0 Å². The Morgan fingerprint density at radius 2 is 0.697 bits per heavy atom. The molecule has 326 valence electrons. The Hall–Kier alpha value is -8.12. The Morgan fingerprint density at radius 1 is 0.333 bits per heavy atom. The summed E-state index contributed by atoms with van der Waals surface area (Å²) in [6.07, 6.45) is 0. The molecule has 0 bridgehead atoms. The normalized spacial score (nSPS) is 11.5. The number of halogens is 8. The Labute approximate surface area is 372 Å². The second-order valence-corrected chi connectivity index (χ2v) is 15.6. The highest BCUT2D eigenvalue weighted by Crippen LogP contribution is 2.48. The highest BCUT2D eigenvalue weighted by atomic mass is 19.2. The van der Waals surface area contributed by atoms with Gasteiger partial charge in [0, 0.05) is 56.8 Å².